The van der Waals surface area contributed by atoms with E-state index in [0.717, 1.165) is 6.54 Å². The molecule has 0 amide bonds. The second-order valence-electron chi connectivity index (χ2n) is 4.06. The SMILES string of the molecule is C/C=C\N1CC(C)NC1c1ccccc1. The summed E-state index contributed by atoms with van der Waals surface area (Å²) in [4.78, 5) is 2.35. The maximum absolute atomic E-state index is 3.58. The van der Waals surface area contributed by atoms with E-state index in [1.54, 1.807) is 0 Å². The van der Waals surface area contributed by atoms with E-state index < -0.39 is 0 Å². The molecule has 0 bridgehead atoms. The van der Waals surface area contributed by atoms with Gasteiger partial charge in [0.15, 0.2) is 0 Å². The summed E-state index contributed by atoms with van der Waals surface area (Å²) in [6, 6.07) is 11.1. The number of allylic oxidation sites excluding steroid dienone is 1. The molecule has 1 saturated heterocycles. The molecule has 0 spiro atoms. The third-order valence-corrected chi connectivity index (χ3v) is 2.71. The van der Waals surface area contributed by atoms with E-state index in [1.807, 2.05) is 0 Å². The Morgan fingerprint density at radius 1 is 1.33 bits per heavy atom. The van der Waals surface area contributed by atoms with Crippen LogP contribution in [-0.4, -0.2) is 17.5 Å². The number of hydrogen-bond acceptors (Lipinski definition) is 2. The zero-order chi connectivity index (χ0) is 10.7. The second kappa shape index (κ2) is 4.49. The molecule has 15 heavy (non-hydrogen) atoms. The molecule has 0 aromatic heterocycles. The molecule has 2 unspecified atom stereocenters. The van der Waals surface area contributed by atoms with Crippen LogP contribution in [0.15, 0.2) is 42.6 Å². The van der Waals surface area contributed by atoms with Crippen molar-refractivity contribution < 1.29 is 0 Å². The molecule has 2 heteroatoms. The molecule has 2 rings (SSSR count). The summed E-state index contributed by atoms with van der Waals surface area (Å²) >= 11 is 0. The van der Waals surface area contributed by atoms with Gasteiger partial charge in [-0.25, -0.2) is 0 Å². The third kappa shape index (κ3) is 2.21. The van der Waals surface area contributed by atoms with Gasteiger partial charge in [-0.2, -0.15) is 0 Å². The monoisotopic (exact) mass is 202 g/mol. The summed E-state index contributed by atoms with van der Waals surface area (Å²) < 4.78 is 0. The molecule has 2 atom stereocenters. The van der Waals surface area contributed by atoms with Gasteiger partial charge in [0.05, 0.1) is 0 Å². The Kier molecular flexibility index (Phi) is 3.07. The minimum absolute atomic E-state index is 0.331. The number of rotatable bonds is 2. The summed E-state index contributed by atoms with van der Waals surface area (Å²) in [6.45, 7) is 5.36. The van der Waals surface area contributed by atoms with Crippen molar-refractivity contribution in [2.45, 2.75) is 26.1 Å². The number of hydrogen-bond donors (Lipinski definition) is 1. The van der Waals surface area contributed by atoms with Gasteiger partial charge in [-0.1, -0.05) is 36.4 Å². The molecule has 0 aliphatic carbocycles. The lowest BCUT2D eigenvalue weighted by Gasteiger charge is -2.22. The van der Waals surface area contributed by atoms with Crippen LogP contribution in [0.5, 0.6) is 0 Å². The highest BCUT2D eigenvalue weighted by molar-refractivity contribution is 5.20. The predicted octanol–water partition coefficient (Wildman–Crippen LogP) is 2.51. The molecule has 0 saturated carbocycles. The zero-order valence-corrected chi connectivity index (χ0v) is 9.35. The van der Waals surface area contributed by atoms with Gasteiger partial charge in [0.1, 0.15) is 6.17 Å². The minimum atomic E-state index is 0.331. The van der Waals surface area contributed by atoms with E-state index in [-0.39, 0.29) is 0 Å². The van der Waals surface area contributed by atoms with Gasteiger partial charge in [-0.3, -0.25) is 5.32 Å². The highest BCUT2D eigenvalue weighted by Crippen LogP contribution is 2.24. The van der Waals surface area contributed by atoms with Crippen LogP contribution in [0, 0.1) is 0 Å². The first-order chi connectivity index (χ1) is 7.31. The van der Waals surface area contributed by atoms with Gasteiger partial charge in [0.25, 0.3) is 0 Å². The third-order valence-electron chi connectivity index (χ3n) is 2.71. The molecule has 1 heterocycles. The average molecular weight is 202 g/mol. The average Bonchev–Trinajstić information content (AvgIpc) is 2.62. The van der Waals surface area contributed by atoms with E-state index in [0.29, 0.717) is 12.2 Å². The topological polar surface area (TPSA) is 15.3 Å². The summed E-state index contributed by atoms with van der Waals surface area (Å²) in [7, 11) is 0. The quantitative estimate of drug-likeness (QED) is 0.792. The van der Waals surface area contributed by atoms with Crippen molar-refractivity contribution in [3.05, 3.63) is 48.2 Å². The van der Waals surface area contributed by atoms with Crippen molar-refractivity contribution in [2.24, 2.45) is 0 Å². The summed E-state index contributed by atoms with van der Waals surface area (Å²) in [5, 5.41) is 3.58. The van der Waals surface area contributed by atoms with Crippen molar-refractivity contribution in [1.29, 1.82) is 0 Å². The number of benzene rings is 1. The van der Waals surface area contributed by atoms with Crippen molar-refractivity contribution in [3.8, 4) is 0 Å². The lowest BCUT2D eigenvalue weighted by atomic mass is 10.1. The van der Waals surface area contributed by atoms with Gasteiger partial charge >= 0.3 is 0 Å². The summed E-state index contributed by atoms with van der Waals surface area (Å²) in [6.07, 6.45) is 4.58. The molecule has 1 fully saturated rings. The molecule has 1 aromatic rings. The molecule has 0 radical (unpaired) electrons. The first-order valence-corrected chi connectivity index (χ1v) is 5.51. The van der Waals surface area contributed by atoms with Crippen LogP contribution in [-0.2, 0) is 0 Å². The van der Waals surface area contributed by atoms with Gasteiger partial charge < -0.3 is 4.90 Å². The van der Waals surface area contributed by atoms with Crippen LogP contribution in [0.4, 0.5) is 0 Å². The van der Waals surface area contributed by atoms with Crippen LogP contribution in [0.1, 0.15) is 25.6 Å². The normalized spacial score (nSPS) is 26.4. The molecular weight excluding hydrogens is 184 g/mol. The Morgan fingerprint density at radius 3 is 2.73 bits per heavy atom. The van der Waals surface area contributed by atoms with E-state index in [1.165, 1.54) is 5.56 Å². The van der Waals surface area contributed by atoms with Crippen LogP contribution in [0.2, 0.25) is 0 Å². The summed E-state index contributed by atoms with van der Waals surface area (Å²) in [5.41, 5.74) is 1.33. The van der Waals surface area contributed by atoms with Gasteiger partial charge in [-0.05, 0) is 25.6 Å². The van der Waals surface area contributed by atoms with Gasteiger partial charge in [-0.15, -0.1) is 0 Å². The predicted molar refractivity (Wildman–Crippen MR) is 63.3 cm³/mol. The molecule has 1 aromatic carbocycles. The van der Waals surface area contributed by atoms with E-state index in [4.69, 9.17) is 0 Å². The zero-order valence-electron chi connectivity index (χ0n) is 9.35. The fourth-order valence-corrected chi connectivity index (χ4v) is 2.10. The standard InChI is InChI=1S/C13H18N2/c1-3-9-15-10-11(2)14-13(15)12-7-5-4-6-8-12/h3-9,11,13-14H,10H2,1-2H3/b9-3-. The van der Waals surface area contributed by atoms with Crippen LogP contribution >= 0.6 is 0 Å². The van der Waals surface area contributed by atoms with Gasteiger partial charge in [0.2, 0.25) is 0 Å². The van der Waals surface area contributed by atoms with Crippen molar-refractivity contribution >= 4 is 0 Å². The molecule has 2 nitrogen and oxygen atoms in total. The van der Waals surface area contributed by atoms with E-state index >= 15 is 0 Å². The van der Waals surface area contributed by atoms with Crippen molar-refractivity contribution in [3.63, 3.8) is 0 Å². The van der Waals surface area contributed by atoms with Crippen LogP contribution in [0.25, 0.3) is 0 Å². The maximum atomic E-state index is 3.58. The Hall–Kier alpha value is -1.28. The largest absolute Gasteiger partial charge is 0.357 e. The molecule has 1 N–H and O–H groups in total. The summed E-state index contributed by atoms with van der Waals surface area (Å²) in [5.74, 6) is 0. The molecule has 80 valence electrons. The first-order valence-electron chi connectivity index (χ1n) is 5.51. The Balaban J connectivity index is 2.20. The minimum Gasteiger partial charge on any atom is -0.357 e. The Bertz CT molecular complexity index is 332. The number of nitrogens with one attached hydrogen (secondary N) is 1. The van der Waals surface area contributed by atoms with E-state index in [9.17, 15) is 0 Å². The molecule has 1 aliphatic heterocycles. The first kappa shape index (κ1) is 10.2. The Morgan fingerprint density at radius 2 is 2.07 bits per heavy atom. The fourth-order valence-electron chi connectivity index (χ4n) is 2.10. The highest BCUT2D eigenvalue weighted by Gasteiger charge is 2.26. The number of nitrogens with zero attached hydrogens (tertiary/aromatic N) is 1. The molecular formula is C13H18N2. The van der Waals surface area contributed by atoms with E-state index in [2.05, 4.69) is 66.7 Å². The Labute approximate surface area is 91.6 Å². The molecule has 1 aliphatic rings. The second-order valence-corrected chi connectivity index (χ2v) is 4.06. The van der Waals surface area contributed by atoms with Crippen molar-refractivity contribution in [1.82, 2.24) is 10.2 Å². The maximum Gasteiger partial charge on any atom is 0.106 e. The van der Waals surface area contributed by atoms with Crippen LogP contribution in [0.3, 0.4) is 0 Å². The van der Waals surface area contributed by atoms with Gasteiger partial charge in [0, 0.05) is 12.6 Å². The highest BCUT2D eigenvalue weighted by atomic mass is 15.3. The fraction of sp³-hybridized carbons (Fsp3) is 0.385. The van der Waals surface area contributed by atoms with Crippen molar-refractivity contribution in [2.75, 3.05) is 6.54 Å². The smallest absolute Gasteiger partial charge is 0.106 e. The van der Waals surface area contributed by atoms with Crippen LogP contribution < -0.4 is 5.32 Å². The lowest BCUT2D eigenvalue weighted by molar-refractivity contribution is 0.338. The lowest BCUT2D eigenvalue weighted by Crippen LogP contribution is -2.24.